The van der Waals surface area contributed by atoms with Gasteiger partial charge in [0, 0.05) is 49.9 Å². The van der Waals surface area contributed by atoms with Gasteiger partial charge in [-0.3, -0.25) is 14.6 Å². The molecule has 0 bridgehead atoms. The molecule has 0 N–H and O–H groups in total. The standard InChI is InChI=1S/C23H31N3O2/c1-3-12-23(13-4-2)14-7-16-26(23)22(28)19-9-10-21(27)25(18-19)17-11-20-8-5-6-15-24-20/h3-6,8,15,19H,1-2,7,9-14,16-18H2. The minimum Gasteiger partial charge on any atom is -0.342 e. The summed E-state index contributed by atoms with van der Waals surface area (Å²) in [6.45, 7) is 9.72. The first-order chi connectivity index (χ1) is 13.6. The summed E-state index contributed by atoms with van der Waals surface area (Å²) >= 11 is 0. The molecule has 1 aromatic rings. The van der Waals surface area contributed by atoms with Gasteiger partial charge in [0.1, 0.15) is 0 Å². The SMILES string of the molecule is C=CCC1(CC=C)CCCN1C(=O)C1CCC(=O)N(CCc2ccccn2)C1. The molecule has 0 aromatic carbocycles. The van der Waals surface area contributed by atoms with Gasteiger partial charge in [-0.15, -0.1) is 13.2 Å². The summed E-state index contributed by atoms with van der Waals surface area (Å²) in [7, 11) is 0. The number of piperidine rings is 1. The van der Waals surface area contributed by atoms with Crippen LogP contribution in [0.4, 0.5) is 0 Å². The lowest BCUT2D eigenvalue weighted by Gasteiger charge is -2.41. The monoisotopic (exact) mass is 381 g/mol. The van der Waals surface area contributed by atoms with Gasteiger partial charge in [-0.05, 0) is 44.2 Å². The van der Waals surface area contributed by atoms with Crippen LogP contribution in [0, 0.1) is 5.92 Å². The maximum atomic E-state index is 13.4. The topological polar surface area (TPSA) is 53.5 Å². The first-order valence-electron chi connectivity index (χ1n) is 10.3. The third kappa shape index (κ3) is 4.34. The molecule has 0 saturated carbocycles. The molecular formula is C23H31N3O2. The van der Waals surface area contributed by atoms with Crippen LogP contribution in [-0.4, -0.2) is 51.8 Å². The van der Waals surface area contributed by atoms with E-state index >= 15 is 0 Å². The highest BCUT2D eigenvalue weighted by molar-refractivity contribution is 5.84. The summed E-state index contributed by atoms with van der Waals surface area (Å²) < 4.78 is 0. The summed E-state index contributed by atoms with van der Waals surface area (Å²) in [5, 5.41) is 0. The van der Waals surface area contributed by atoms with Crippen LogP contribution >= 0.6 is 0 Å². The molecule has 5 heteroatoms. The second kappa shape index (κ2) is 9.18. The van der Waals surface area contributed by atoms with Crippen molar-refractivity contribution in [3.8, 4) is 0 Å². The van der Waals surface area contributed by atoms with Crippen LogP contribution in [0.1, 0.15) is 44.2 Å². The maximum Gasteiger partial charge on any atom is 0.227 e. The molecule has 2 aliphatic rings. The Morgan fingerprint density at radius 2 is 2.07 bits per heavy atom. The highest BCUT2D eigenvalue weighted by atomic mass is 16.2. The van der Waals surface area contributed by atoms with Gasteiger partial charge in [0.15, 0.2) is 0 Å². The minimum atomic E-state index is -0.180. The van der Waals surface area contributed by atoms with Crippen molar-refractivity contribution in [3.63, 3.8) is 0 Å². The number of pyridine rings is 1. The lowest BCUT2D eigenvalue weighted by atomic mass is 9.86. The third-order valence-electron chi connectivity index (χ3n) is 6.12. The first-order valence-corrected chi connectivity index (χ1v) is 10.3. The van der Waals surface area contributed by atoms with E-state index in [4.69, 9.17) is 0 Å². The van der Waals surface area contributed by atoms with Gasteiger partial charge >= 0.3 is 0 Å². The van der Waals surface area contributed by atoms with Gasteiger partial charge in [0.05, 0.1) is 5.92 Å². The van der Waals surface area contributed by atoms with Crippen LogP contribution in [0.25, 0.3) is 0 Å². The number of amides is 2. The van der Waals surface area contributed by atoms with E-state index in [9.17, 15) is 9.59 Å². The molecule has 2 saturated heterocycles. The van der Waals surface area contributed by atoms with E-state index in [2.05, 4.69) is 23.0 Å². The zero-order valence-electron chi connectivity index (χ0n) is 16.7. The quantitative estimate of drug-likeness (QED) is 0.649. The summed E-state index contributed by atoms with van der Waals surface area (Å²) in [5.74, 6) is 0.218. The molecule has 28 heavy (non-hydrogen) atoms. The predicted octanol–water partition coefficient (Wildman–Crippen LogP) is 3.38. The van der Waals surface area contributed by atoms with Crippen molar-refractivity contribution >= 4 is 11.8 Å². The van der Waals surface area contributed by atoms with Crippen LogP contribution in [0.3, 0.4) is 0 Å². The fourth-order valence-electron chi connectivity index (χ4n) is 4.68. The van der Waals surface area contributed by atoms with Crippen molar-refractivity contribution in [2.24, 2.45) is 5.92 Å². The van der Waals surface area contributed by atoms with Crippen molar-refractivity contribution in [1.82, 2.24) is 14.8 Å². The minimum absolute atomic E-state index is 0.117. The lowest BCUT2D eigenvalue weighted by Crippen LogP contribution is -2.53. The number of aromatic nitrogens is 1. The first kappa shape index (κ1) is 20.3. The van der Waals surface area contributed by atoms with E-state index < -0.39 is 0 Å². The van der Waals surface area contributed by atoms with Crippen LogP contribution in [0.15, 0.2) is 49.7 Å². The van der Waals surface area contributed by atoms with E-state index in [-0.39, 0.29) is 23.3 Å². The van der Waals surface area contributed by atoms with Crippen molar-refractivity contribution in [1.29, 1.82) is 0 Å². The molecule has 1 aromatic heterocycles. The zero-order chi connectivity index (χ0) is 20.0. The molecule has 2 aliphatic heterocycles. The summed E-state index contributed by atoms with van der Waals surface area (Å²) in [4.78, 5) is 34.0. The highest BCUT2D eigenvalue weighted by Gasteiger charge is 2.44. The normalized spacial score (nSPS) is 21.6. The smallest absolute Gasteiger partial charge is 0.227 e. The molecule has 2 amide bonds. The van der Waals surface area contributed by atoms with Gasteiger partial charge < -0.3 is 9.80 Å². The van der Waals surface area contributed by atoms with Crippen LogP contribution in [-0.2, 0) is 16.0 Å². The average Bonchev–Trinajstić information content (AvgIpc) is 3.11. The number of carbonyl (C=O) groups excluding carboxylic acids is 2. The van der Waals surface area contributed by atoms with Crippen molar-refractivity contribution in [2.75, 3.05) is 19.6 Å². The Balaban J connectivity index is 1.66. The van der Waals surface area contributed by atoms with E-state index in [0.29, 0.717) is 32.4 Å². The fourth-order valence-corrected chi connectivity index (χ4v) is 4.68. The Morgan fingerprint density at radius 1 is 1.29 bits per heavy atom. The van der Waals surface area contributed by atoms with Crippen LogP contribution < -0.4 is 0 Å². The summed E-state index contributed by atoms with van der Waals surface area (Å²) in [6.07, 6.45) is 11.0. The molecule has 2 fully saturated rings. The highest BCUT2D eigenvalue weighted by Crippen LogP contribution is 2.38. The van der Waals surface area contributed by atoms with Crippen LogP contribution in [0.2, 0.25) is 0 Å². The summed E-state index contributed by atoms with van der Waals surface area (Å²) in [5.41, 5.74) is 0.792. The van der Waals surface area contributed by atoms with Gasteiger partial charge in [0.25, 0.3) is 0 Å². The molecule has 3 heterocycles. The zero-order valence-corrected chi connectivity index (χ0v) is 16.7. The molecule has 0 aliphatic carbocycles. The van der Waals surface area contributed by atoms with E-state index in [1.807, 2.05) is 35.3 Å². The van der Waals surface area contributed by atoms with Gasteiger partial charge in [-0.25, -0.2) is 0 Å². The number of likely N-dealkylation sites (tertiary alicyclic amines) is 2. The number of nitrogens with zero attached hydrogens (tertiary/aromatic N) is 3. The van der Waals surface area contributed by atoms with E-state index in [1.54, 1.807) is 6.20 Å². The number of rotatable bonds is 8. The Morgan fingerprint density at radius 3 is 2.75 bits per heavy atom. The lowest BCUT2D eigenvalue weighted by molar-refractivity contribution is -0.145. The van der Waals surface area contributed by atoms with Crippen molar-refractivity contribution in [3.05, 3.63) is 55.4 Å². The largest absolute Gasteiger partial charge is 0.342 e. The third-order valence-corrected chi connectivity index (χ3v) is 6.12. The Labute approximate surface area is 168 Å². The Bertz CT molecular complexity index is 706. The molecule has 0 spiro atoms. The van der Waals surface area contributed by atoms with E-state index in [0.717, 1.165) is 37.9 Å². The van der Waals surface area contributed by atoms with E-state index in [1.165, 1.54) is 0 Å². The molecule has 3 rings (SSSR count). The van der Waals surface area contributed by atoms with Crippen molar-refractivity contribution in [2.45, 2.75) is 50.5 Å². The van der Waals surface area contributed by atoms with Crippen molar-refractivity contribution < 1.29 is 9.59 Å². The second-order valence-electron chi connectivity index (χ2n) is 7.95. The van der Waals surface area contributed by atoms with Gasteiger partial charge in [0.2, 0.25) is 11.8 Å². The van der Waals surface area contributed by atoms with Crippen LogP contribution in [0.5, 0.6) is 0 Å². The maximum absolute atomic E-state index is 13.4. The molecule has 0 radical (unpaired) electrons. The fraction of sp³-hybridized carbons (Fsp3) is 0.522. The van der Waals surface area contributed by atoms with Gasteiger partial charge in [-0.2, -0.15) is 0 Å². The number of carbonyl (C=O) groups is 2. The number of hydrogen-bond donors (Lipinski definition) is 0. The predicted molar refractivity (Wildman–Crippen MR) is 111 cm³/mol. The van der Waals surface area contributed by atoms with Gasteiger partial charge in [-0.1, -0.05) is 18.2 Å². The molecule has 150 valence electrons. The molecule has 5 nitrogen and oxygen atoms in total. The molecule has 1 atom stereocenters. The Hall–Kier alpha value is -2.43. The average molecular weight is 382 g/mol. The Kier molecular flexibility index (Phi) is 6.65. The molecular weight excluding hydrogens is 350 g/mol. The second-order valence-corrected chi connectivity index (χ2v) is 7.95. The summed E-state index contributed by atoms with van der Waals surface area (Å²) in [6, 6.07) is 5.82. The number of hydrogen-bond acceptors (Lipinski definition) is 3. The molecule has 1 unspecified atom stereocenters.